The molecule has 0 aliphatic carbocycles. The highest BCUT2D eigenvalue weighted by Crippen LogP contribution is 2.39. The Bertz CT molecular complexity index is 304. The molecular formula is C7H6F9NO2. The maximum Gasteiger partial charge on any atom is 0.416 e. The fourth-order valence-electron chi connectivity index (χ4n) is 0.898. The van der Waals surface area contributed by atoms with Crippen molar-refractivity contribution in [2.45, 2.75) is 24.6 Å². The number of amides is 1. The first-order chi connectivity index (χ1) is 8.17. The highest BCUT2D eigenvalue weighted by molar-refractivity contribution is 5.80. The highest BCUT2D eigenvalue weighted by atomic mass is 19.4. The van der Waals surface area contributed by atoms with Gasteiger partial charge in [0.25, 0.3) is 0 Å². The SMILES string of the molecule is O=C(NCC(O)C(F)(F)F)C(C(F)(F)F)C(F)(F)F. The molecule has 114 valence electrons. The van der Waals surface area contributed by atoms with Crippen molar-refractivity contribution in [1.29, 1.82) is 0 Å². The molecule has 0 aromatic carbocycles. The van der Waals surface area contributed by atoms with E-state index in [-0.39, 0.29) is 0 Å². The molecule has 19 heavy (non-hydrogen) atoms. The van der Waals surface area contributed by atoms with Crippen molar-refractivity contribution >= 4 is 5.91 Å². The van der Waals surface area contributed by atoms with Gasteiger partial charge in [-0.2, -0.15) is 39.5 Å². The average molecular weight is 307 g/mol. The summed E-state index contributed by atoms with van der Waals surface area (Å²) in [6.45, 7) is -1.81. The van der Waals surface area contributed by atoms with Gasteiger partial charge in [-0.25, -0.2) is 0 Å². The van der Waals surface area contributed by atoms with Gasteiger partial charge in [0.15, 0.2) is 6.10 Å². The van der Waals surface area contributed by atoms with E-state index in [9.17, 15) is 44.3 Å². The van der Waals surface area contributed by atoms with Crippen LogP contribution in [-0.4, -0.2) is 42.2 Å². The smallest absolute Gasteiger partial charge is 0.382 e. The second-order valence-corrected chi connectivity index (χ2v) is 3.32. The summed E-state index contributed by atoms with van der Waals surface area (Å²) in [5.74, 6) is -7.18. The van der Waals surface area contributed by atoms with Crippen LogP contribution in [0.1, 0.15) is 0 Å². The van der Waals surface area contributed by atoms with Crippen LogP contribution in [0, 0.1) is 5.92 Å². The minimum atomic E-state index is -6.01. The summed E-state index contributed by atoms with van der Waals surface area (Å²) >= 11 is 0. The van der Waals surface area contributed by atoms with Crippen LogP contribution in [-0.2, 0) is 4.79 Å². The van der Waals surface area contributed by atoms with Crippen LogP contribution in [0.15, 0.2) is 0 Å². The van der Waals surface area contributed by atoms with Gasteiger partial charge in [0.2, 0.25) is 11.8 Å². The van der Waals surface area contributed by atoms with Gasteiger partial charge in [-0.1, -0.05) is 0 Å². The Kier molecular flexibility index (Phi) is 5.08. The number of nitrogens with one attached hydrogen (secondary N) is 1. The van der Waals surface area contributed by atoms with Crippen LogP contribution in [0.4, 0.5) is 39.5 Å². The Morgan fingerprint density at radius 1 is 0.895 bits per heavy atom. The maximum absolute atomic E-state index is 12.0. The van der Waals surface area contributed by atoms with Crippen LogP contribution in [0.25, 0.3) is 0 Å². The third kappa shape index (κ3) is 5.53. The fourth-order valence-corrected chi connectivity index (χ4v) is 0.898. The molecule has 0 aromatic rings. The first kappa shape index (κ1) is 17.8. The first-order valence-corrected chi connectivity index (χ1v) is 4.33. The van der Waals surface area contributed by atoms with E-state index < -0.39 is 43.0 Å². The molecule has 0 heterocycles. The summed E-state index contributed by atoms with van der Waals surface area (Å²) in [5, 5.41) is 9.07. The first-order valence-electron chi connectivity index (χ1n) is 4.33. The van der Waals surface area contributed by atoms with Gasteiger partial charge in [0.05, 0.1) is 6.54 Å². The summed E-state index contributed by atoms with van der Waals surface area (Å²) in [4.78, 5) is 10.6. The molecule has 0 saturated carbocycles. The molecule has 0 radical (unpaired) electrons. The van der Waals surface area contributed by atoms with Gasteiger partial charge in [-0.05, 0) is 0 Å². The molecule has 1 unspecified atom stereocenters. The van der Waals surface area contributed by atoms with E-state index in [0.29, 0.717) is 0 Å². The quantitative estimate of drug-likeness (QED) is 0.781. The van der Waals surface area contributed by atoms with Crippen molar-refractivity contribution in [3.05, 3.63) is 0 Å². The Hall–Kier alpha value is -1.20. The molecule has 2 N–H and O–H groups in total. The molecule has 0 bridgehead atoms. The second kappa shape index (κ2) is 5.43. The molecule has 0 rings (SSSR count). The molecular weight excluding hydrogens is 301 g/mol. The van der Waals surface area contributed by atoms with Crippen LogP contribution >= 0.6 is 0 Å². The van der Waals surface area contributed by atoms with Crippen molar-refractivity contribution in [2.75, 3.05) is 6.54 Å². The lowest BCUT2D eigenvalue weighted by molar-refractivity contribution is -0.274. The molecule has 0 fully saturated rings. The van der Waals surface area contributed by atoms with E-state index in [1.54, 1.807) is 0 Å². The number of aliphatic hydroxyl groups excluding tert-OH is 1. The number of carbonyl (C=O) groups is 1. The number of hydrogen-bond acceptors (Lipinski definition) is 2. The third-order valence-corrected chi connectivity index (χ3v) is 1.76. The maximum atomic E-state index is 12.0. The number of rotatable bonds is 3. The van der Waals surface area contributed by atoms with Gasteiger partial charge in [0, 0.05) is 0 Å². The summed E-state index contributed by atoms with van der Waals surface area (Å²) in [6, 6.07) is 0. The predicted octanol–water partition coefficient (Wildman–Crippen LogP) is 1.77. The minimum Gasteiger partial charge on any atom is -0.382 e. The summed E-state index contributed by atoms with van der Waals surface area (Å²) < 4.78 is 107. The Labute approximate surface area is 98.9 Å². The third-order valence-electron chi connectivity index (χ3n) is 1.76. The molecule has 1 amide bonds. The largest absolute Gasteiger partial charge is 0.416 e. The zero-order valence-electron chi connectivity index (χ0n) is 8.62. The van der Waals surface area contributed by atoms with Crippen LogP contribution in [0.5, 0.6) is 0 Å². The normalized spacial score (nSPS) is 15.5. The van der Waals surface area contributed by atoms with E-state index in [1.165, 1.54) is 0 Å². The highest BCUT2D eigenvalue weighted by Gasteiger charge is 2.61. The Morgan fingerprint density at radius 2 is 1.26 bits per heavy atom. The molecule has 0 spiro atoms. The van der Waals surface area contributed by atoms with Gasteiger partial charge in [-0.3, -0.25) is 4.79 Å². The number of alkyl halides is 9. The lowest BCUT2D eigenvalue weighted by atomic mass is 10.1. The monoisotopic (exact) mass is 307 g/mol. The molecule has 3 nitrogen and oxygen atoms in total. The standard InChI is InChI=1S/C7H6F9NO2/c8-5(9,10)2(18)1-17-4(19)3(6(11,12)13)7(14,15)16/h2-3,18H,1H2,(H,17,19). The molecule has 12 heteroatoms. The Balaban J connectivity index is 4.80. The van der Waals surface area contributed by atoms with E-state index in [0.717, 1.165) is 5.32 Å². The number of aliphatic hydroxyl groups is 1. The summed E-state index contributed by atoms with van der Waals surface area (Å²) in [5.41, 5.74) is 0. The van der Waals surface area contributed by atoms with E-state index in [4.69, 9.17) is 5.11 Å². The zero-order chi connectivity index (χ0) is 15.6. The fraction of sp³-hybridized carbons (Fsp3) is 0.857. The van der Waals surface area contributed by atoms with Crippen LogP contribution < -0.4 is 5.32 Å². The molecule has 0 saturated heterocycles. The van der Waals surface area contributed by atoms with Gasteiger partial charge >= 0.3 is 18.5 Å². The lowest BCUT2D eigenvalue weighted by Crippen LogP contribution is -2.50. The van der Waals surface area contributed by atoms with E-state index in [1.807, 2.05) is 0 Å². The molecule has 1 atom stereocenters. The Morgan fingerprint density at radius 3 is 1.53 bits per heavy atom. The topological polar surface area (TPSA) is 49.3 Å². The second-order valence-electron chi connectivity index (χ2n) is 3.32. The molecule has 0 aliphatic rings. The van der Waals surface area contributed by atoms with Gasteiger partial charge in [-0.15, -0.1) is 0 Å². The van der Waals surface area contributed by atoms with Crippen molar-refractivity contribution in [1.82, 2.24) is 5.32 Å². The molecule has 0 aliphatic heterocycles. The van der Waals surface area contributed by atoms with Crippen molar-refractivity contribution < 1.29 is 49.4 Å². The zero-order valence-corrected chi connectivity index (χ0v) is 8.62. The van der Waals surface area contributed by atoms with Gasteiger partial charge in [0.1, 0.15) is 0 Å². The predicted molar refractivity (Wildman–Crippen MR) is 40.7 cm³/mol. The summed E-state index contributed by atoms with van der Waals surface area (Å²) in [6.07, 6.45) is -20.6. The number of halogens is 9. The van der Waals surface area contributed by atoms with E-state index in [2.05, 4.69) is 0 Å². The average Bonchev–Trinajstić information content (AvgIpc) is 2.07. The van der Waals surface area contributed by atoms with E-state index >= 15 is 0 Å². The molecule has 0 aromatic heterocycles. The minimum absolute atomic E-state index is 0.753. The number of hydrogen-bond donors (Lipinski definition) is 2. The van der Waals surface area contributed by atoms with Crippen LogP contribution in [0.3, 0.4) is 0 Å². The van der Waals surface area contributed by atoms with Gasteiger partial charge < -0.3 is 10.4 Å². The number of carbonyl (C=O) groups excluding carboxylic acids is 1. The summed E-state index contributed by atoms with van der Waals surface area (Å²) in [7, 11) is 0. The van der Waals surface area contributed by atoms with Crippen molar-refractivity contribution in [3.63, 3.8) is 0 Å². The van der Waals surface area contributed by atoms with Crippen LogP contribution in [0.2, 0.25) is 0 Å². The lowest BCUT2D eigenvalue weighted by Gasteiger charge is -2.23. The van der Waals surface area contributed by atoms with Crippen molar-refractivity contribution in [2.24, 2.45) is 5.92 Å². The van der Waals surface area contributed by atoms with Crippen molar-refractivity contribution in [3.8, 4) is 0 Å².